The lowest BCUT2D eigenvalue weighted by atomic mass is 9.95. The van der Waals surface area contributed by atoms with Crippen LogP contribution < -0.4 is 10.1 Å². The number of amides is 4. The standard InChI is InChI=1S/C43H55N5O6/c1-4-54-39-18-14-31(15-19-39)20-22-46-36(23-30(2)3)29-48(43(53)42(46)52)37(25-32-9-6-5-7-10-32)27-45-21-8-11-34(45)28-47-35(26-44-40(50)41(47)51)24-33-12-16-38(49)17-13-33/h5-7,9-10,12-19,30,34-37,49H,4,8,11,20-29H2,1-3H3,(H,44,50)/t34-,35-,36-,37-/m0/s1. The van der Waals surface area contributed by atoms with Crippen molar-refractivity contribution in [1.82, 2.24) is 24.9 Å². The summed E-state index contributed by atoms with van der Waals surface area (Å²) in [5, 5.41) is 12.5. The SMILES string of the molecule is CCOc1ccc(CCN2C(=O)C(=O)N([C@@H](Cc3ccccc3)CN3CCC[C@H]3CN3C(=O)C(=O)NC[C@@H]3Cc3ccc(O)cc3)C[C@@H]2CC(C)C)cc1. The van der Waals surface area contributed by atoms with Gasteiger partial charge in [0.25, 0.3) is 0 Å². The average Bonchev–Trinajstić information content (AvgIpc) is 3.60. The fraction of sp³-hybridized carbons (Fsp3) is 0.488. The lowest BCUT2D eigenvalue weighted by molar-refractivity contribution is -0.161. The maximum absolute atomic E-state index is 14.2. The van der Waals surface area contributed by atoms with Gasteiger partial charge in [-0.1, -0.05) is 68.4 Å². The fourth-order valence-corrected chi connectivity index (χ4v) is 8.34. The molecule has 11 nitrogen and oxygen atoms in total. The molecule has 0 aromatic heterocycles. The molecule has 3 fully saturated rings. The first-order valence-electron chi connectivity index (χ1n) is 19.6. The number of phenolic OH excluding ortho intramolecular Hbond substituents is 1. The van der Waals surface area contributed by atoms with Crippen molar-refractivity contribution in [2.75, 3.05) is 45.9 Å². The fourth-order valence-electron chi connectivity index (χ4n) is 8.34. The van der Waals surface area contributed by atoms with Crippen LogP contribution in [-0.2, 0) is 38.4 Å². The highest BCUT2D eigenvalue weighted by Gasteiger charge is 2.44. The quantitative estimate of drug-likeness (QED) is 0.213. The Morgan fingerprint density at radius 2 is 1.54 bits per heavy atom. The maximum Gasteiger partial charge on any atom is 0.312 e. The minimum Gasteiger partial charge on any atom is -0.508 e. The van der Waals surface area contributed by atoms with Crippen molar-refractivity contribution in [3.63, 3.8) is 0 Å². The number of likely N-dealkylation sites (tertiary alicyclic amines) is 1. The molecule has 288 valence electrons. The number of nitrogens with one attached hydrogen (secondary N) is 1. The molecular formula is C43H55N5O6. The molecule has 0 unspecified atom stereocenters. The second-order valence-corrected chi connectivity index (χ2v) is 15.4. The molecule has 54 heavy (non-hydrogen) atoms. The van der Waals surface area contributed by atoms with E-state index in [1.165, 1.54) is 0 Å². The van der Waals surface area contributed by atoms with Gasteiger partial charge in [0.05, 0.1) is 18.7 Å². The molecule has 0 aliphatic carbocycles. The third-order valence-corrected chi connectivity index (χ3v) is 11.1. The molecule has 4 amide bonds. The van der Waals surface area contributed by atoms with E-state index in [4.69, 9.17) is 4.74 Å². The summed E-state index contributed by atoms with van der Waals surface area (Å²) in [6.07, 6.45) is 4.36. The molecule has 2 N–H and O–H groups in total. The number of nitrogens with zero attached hydrogens (tertiary/aromatic N) is 4. The van der Waals surface area contributed by atoms with E-state index < -0.39 is 23.6 Å². The van der Waals surface area contributed by atoms with Crippen molar-refractivity contribution in [1.29, 1.82) is 0 Å². The lowest BCUT2D eigenvalue weighted by Gasteiger charge is -2.46. The summed E-state index contributed by atoms with van der Waals surface area (Å²) in [6, 6.07) is 24.4. The van der Waals surface area contributed by atoms with Gasteiger partial charge in [-0.05, 0) is 98.9 Å². The molecule has 3 aliphatic heterocycles. The van der Waals surface area contributed by atoms with E-state index in [0.717, 1.165) is 48.2 Å². The van der Waals surface area contributed by atoms with Crippen molar-refractivity contribution in [2.45, 2.75) is 83.5 Å². The Bertz CT molecular complexity index is 1730. The number of benzene rings is 3. The third kappa shape index (κ3) is 9.60. The van der Waals surface area contributed by atoms with E-state index in [-0.39, 0.29) is 29.9 Å². The van der Waals surface area contributed by atoms with E-state index in [1.54, 1.807) is 21.9 Å². The predicted octanol–water partition coefficient (Wildman–Crippen LogP) is 4.06. The van der Waals surface area contributed by atoms with Gasteiger partial charge in [0.2, 0.25) is 0 Å². The summed E-state index contributed by atoms with van der Waals surface area (Å²) in [5.74, 6) is -0.719. The number of aromatic hydroxyl groups is 1. The lowest BCUT2D eigenvalue weighted by Crippen LogP contribution is -2.64. The minimum atomic E-state index is -0.593. The molecule has 6 rings (SSSR count). The van der Waals surface area contributed by atoms with Crippen LogP contribution in [-0.4, -0.2) is 118 Å². The number of ether oxygens (including phenoxy) is 1. The number of hydrogen-bond acceptors (Lipinski definition) is 7. The van der Waals surface area contributed by atoms with E-state index in [2.05, 4.69) is 36.2 Å². The van der Waals surface area contributed by atoms with Gasteiger partial charge >= 0.3 is 23.6 Å². The molecule has 3 heterocycles. The number of carbonyl (C=O) groups is 4. The predicted molar refractivity (Wildman–Crippen MR) is 207 cm³/mol. The summed E-state index contributed by atoms with van der Waals surface area (Å²) in [5.41, 5.74) is 3.14. The zero-order valence-corrected chi connectivity index (χ0v) is 31.9. The van der Waals surface area contributed by atoms with Gasteiger partial charge in [-0.25, -0.2) is 0 Å². The highest BCUT2D eigenvalue weighted by atomic mass is 16.5. The van der Waals surface area contributed by atoms with Gasteiger partial charge in [0.1, 0.15) is 11.5 Å². The van der Waals surface area contributed by atoms with Crippen LogP contribution in [0.3, 0.4) is 0 Å². The van der Waals surface area contributed by atoms with E-state index in [9.17, 15) is 24.3 Å². The van der Waals surface area contributed by atoms with Crippen LogP contribution in [0.4, 0.5) is 0 Å². The first-order chi connectivity index (χ1) is 26.1. The normalized spacial score (nSPS) is 21.6. The summed E-state index contributed by atoms with van der Waals surface area (Å²) in [7, 11) is 0. The smallest absolute Gasteiger partial charge is 0.312 e. The summed E-state index contributed by atoms with van der Waals surface area (Å²) >= 11 is 0. The Kier molecular flexibility index (Phi) is 12.9. The Labute approximate surface area is 319 Å². The number of hydrogen-bond donors (Lipinski definition) is 2. The van der Waals surface area contributed by atoms with E-state index in [0.29, 0.717) is 64.5 Å². The highest BCUT2D eigenvalue weighted by molar-refractivity contribution is 6.36. The second kappa shape index (κ2) is 18.0. The summed E-state index contributed by atoms with van der Waals surface area (Å²) in [6.45, 7) is 9.89. The molecule has 3 aliphatic rings. The molecule has 0 radical (unpaired) electrons. The molecule has 3 aromatic carbocycles. The molecule has 0 saturated carbocycles. The van der Waals surface area contributed by atoms with E-state index in [1.807, 2.05) is 66.4 Å². The second-order valence-electron chi connectivity index (χ2n) is 15.4. The monoisotopic (exact) mass is 737 g/mol. The molecule has 3 aromatic rings. The van der Waals surface area contributed by atoms with Crippen LogP contribution in [0.1, 0.15) is 56.7 Å². The Balaban J connectivity index is 1.20. The molecule has 0 bridgehead atoms. The van der Waals surface area contributed by atoms with E-state index >= 15 is 0 Å². The molecule has 11 heteroatoms. The zero-order valence-electron chi connectivity index (χ0n) is 31.9. The van der Waals surface area contributed by atoms with Crippen molar-refractivity contribution in [3.05, 3.63) is 95.6 Å². The number of rotatable bonds is 16. The van der Waals surface area contributed by atoms with Crippen molar-refractivity contribution in [2.24, 2.45) is 5.92 Å². The summed E-state index contributed by atoms with van der Waals surface area (Å²) in [4.78, 5) is 62.0. The van der Waals surface area contributed by atoms with Gasteiger partial charge in [0.15, 0.2) is 0 Å². The minimum absolute atomic E-state index is 0.00638. The largest absolute Gasteiger partial charge is 0.508 e. The van der Waals surface area contributed by atoms with Crippen molar-refractivity contribution < 1.29 is 29.0 Å². The number of piperazine rings is 2. The van der Waals surface area contributed by atoms with Crippen LogP contribution in [0.15, 0.2) is 78.9 Å². The third-order valence-electron chi connectivity index (χ3n) is 11.1. The van der Waals surface area contributed by atoms with Crippen molar-refractivity contribution in [3.8, 4) is 11.5 Å². The molecule has 0 spiro atoms. The van der Waals surface area contributed by atoms with Gasteiger partial charge in [-0.2, -0.15) is 0 Å². The molecule has 3 saturated heterocycles. The van der Waals surface area contributed by atoms with Crippen LogP contribution in [0.5, 0.6) is 11.5 Å². The Morgan fingerprint density at radius 3 is 2.24 bits per heavy atom. The maximum atomic E-state index is 14.2. The van der Waals surface area contributed by atoms with Crippen LogP contribution in [0.2, 0.25) is 0 Å². The van der Waals surface area contributed by atoms with Crippen LogP contribution in [0, 0.1) is 5.92 Å². The molecular weight excluding hydrogens is 683 g/mol. The van der Waals surface area contributed by atoms with Gasteiger partial charge in [-0.15, -0.1) is 0 Å². The van der Waals surface area contributed by atoms with Crippen LogP contribution >= 0.6 is 0 Å². The average molecular weight is 738 g/mol. The van der Waals surface area contributed by atoms with Gasteiger partial charge < -0.3 is 29.9 Å². The van der Waals surface area contributed by atoms with Gasteiger partial charge in [-0.3, -0.25) is 24.1 Å². The highest BCUT2D eigenvalue weighted by Crippen LogP contribution is 2.27. The van der Waals surface area contributed by atoms with Gasteiger partial charge in [0, 0.05) is 44.8 Å². The van der Waals surface area contributed by atoms with Crippen LogP contribution in [0.25, 0.3) is 0 Å². The first kappa shape index (κ1) is 38.8. The topological polar surface area (TPSA) is 123 Å². The number of phenols is 1. The Hall–Kier alpha value is -4.90. The summed E-state index contributed by atoms with van der Waals surface area (Å²) < 4.78 is 5.60. The zero-order chi connectivity index (χ0) is 38.2. The van der Waals surface area contributed by atoms with Crippen molar-refractivity contribution >= 4 is 23.6 Å². The first-order valence-corrected chi connectivity index (χ1v) is 19.6. The molecule has 4 atom stereocenters. The Morgan fingerprint density at radius 1 is 0.815 bits per heavy atom. The number of carbonyl (C=O) groups excluding carboxylic acids is 4.